The van der Waals surface area contributed by atoms with Crippen LogP contribution < -0.4 is 0 Å². The highest BCUT2D eigenvalue weighted by atomic mass is 35.5. The van der Waals surface area contributed by atoms with E-state index in [0.717, 1.165) is 12.8 Å². The van der Waals surface area contributed by atoms with E-state index in [1.165, 1.54) is 17.0 Å². The van der Waals surface area contributed by atoms with Gasteiger partial charge in [-0.25, -0.2) is 9.78 Å². The lowest BCUT2D eigenvalue weighted by atomic mass is 10.0. The summed E-state index contributed by atoms with van der Waals surface area (Å²) in [7, 11) is 0. The molecule has 2 heterocycles. The number of hydrogen-bond donors (Lipinski definition) is 1. The Bertz CT molecular complexity index is 522. The molecule has 2 rings (SSSR count). The fraction of sp³-hybridized carbons (Fsp3) is 0.417. The first-order valence-electron chi connectivity index (χ1n) is 5.86. The van der Waals surface area contributed by atoms with Gasteiger partial charge in [-0.3, -0.25) is 4.79 Å². The third kappa shape index (κ3) is 2.98. The minimum Gasteiger partial charge on any atom is -0.480 e. The number of halogens is 2. The molecule has 1 N–H and O–H groups in total. The normalized spacial score (nSPS) is 19.3. The average molecular weight is 303 g/mol. The molecule has 1 fully saturated rings. The number of aromatic nitrogens is 1. The molecule has 1 aliphatic heterocycles. The van der Waals surface area contributed by atoms with Gasteiger partial charge in [-0.15, -0.1) is 0 Å². The second kappa shape index (κ2) is 5.75. The smallest absolute Gasteiger partial charge is 0.326 e. The Morgan fingerprint density at radius 3 is 2.74 bits per heavy atom. The molecule has 1 aliphatic rings. The molecule has 0 saturated carbocycles. The highest BCUT2D eigenvalue weighted by molar-refractivity contribution is 6.34. The summed E-state index contributed by atoms with van der Waals surface area (Å²) >= 11 is 11.7. The molecule has 7 heteroatoms. The molecular weight excluding hydrogens is 291 g/mol. The molecule has 1 amide bonds. The van der Waals surface area contributed by atoms with Gasteiger partial charge in [0.1, 0.15) is 16.9 Å². The number of likely N-dealkylation sites (tertiary alicyclic amines) is 1. The quantitative estimate of drug-likeness (QED) is 0.852. The monoisotopic (exact) mass is 302 g/mol. The van der Waals surface area contributed by atoms with E-state index < -0.39 is 17.9 Å². The van der Waals surface area contributed by atoms with E-state index in [1.54, 1.807) is 0 Å². The van der Waals surface area contributed by atoms with Crippen LogP contribution in [0.15, 0.2) is 12.1 Å². The molecule has 0 bridgehead atoms. The topological polar surface area (TPSA) is 70.5 Å². The fourth-order valence-corrected chi connectivity index (χ4v) is 2.47. The first-order chi connectivity index (χ1) is 9.00. The molecule has 0 radical (unpaired) electrons. The first kappa shape index (κ1) is 14.1. The van der Waals surface area contributed by atoms with Crippen molar-refractivity contribution in [2.45, 2.75) is 25.3 Å². The molecule has 0 spiro atoms. The number of carboxylic acids is 1. The summed E-state index contributed by atoms with van der Waals surface area (Å²) in [6.07, 6.45) is 2.00. The maximum atomic E-state index is 12.3. The van der Waals surface area contributed by atoms with Crippen LogP contribution in [0, 0.1) is 0 Å². The van der Waals surface area contributed by atoms with Crippen LogP contribution in [-0.4, -0.2) is 39.5 Å². The van der Waals surface area contributed by atoms with E-state index in [0.29, 0.717) is 13.0 Å². The molecule has 19 heavy (non-hydrogen) atoms. The van der Waals surface area contributed by atoms with Gasteiger partial charge < -0.3 is 10.0 Å². The SMILES string of the molecule is O=C(O)[C@H]1CCCCN1C(=O)c1nc(Cl)ccc1Cl. The molecule has 1 atom stereocenters. The van der Waals surface area contributed by atoms with Crippen molar-refractivity contribution in [1.82, 2.24) is 9.88 Å². The van der Waals surface area contributed by atoms with E-state index in [4.69, 9.17) is 28.3 Å². The van der Waals surface area contributed by atoms with Gasteiger partial charge in [0.15, 0.2) is 0 Å². The zero-order valence-corrected chi connectivity index (χ0v) is 11.5. The number of piperidine rings is 1. The molecule has 5 nitrogen and oxygen atoms in total. The minimum atomic E-state index is -1.01. The zero-order chi connectivity index (χ0) is 14.0. The largest absolute Gasteiger partial charge is 0.480 e. The summed E-state index contributed by atoms with van der Waals surface area (Å²) in [6.45, 7) is 0.389. The number of hydrogen-bond acceptors (Lipinski definition) is 3. The highest BCUT2D eigenvalue weighted by Crippen LogP contribution is 2.23. The van der Waals surface area contributed by atoms with Gasteiger partial charge in [0, 0.05) is 6.54 Å². The maximum absolute atomic E-state index is 12.3. The van der Waals surface area contributed by atoms with E-state index in [2.05, 4.69) is 4.98 Å². The van der Waals surface area contributed by atoms with Gasteiger partial charge in [-0.1, -0.05) is 23.2 Å². The van der Waals surface area contributed by atoms with Crippen LogP contribution in [0.4, 0.5) is 0 Å². The van der Waals surface area contributed by atoms with E-state index in [-0.39, 0.29) is 15.9 Å². The van der Waals surface area contributed by atoms with Crippen LogP contribution >= 0.6 is 23.2 Å². The van der Waals surface area contributed by atoms with Crippen molar-refractivity contribution in [3.05, 3.63) is 28.0 Å². The summed E-state index contributed by atoms with van der Waals surface area (Å²) in [6, 6.07) is 2.13. The Hall–Kier alpha value is -1.33. The van der Waals surface area contributed by atoms with Crippen LogP contribution in [0.25, 0.3) is 0 Å². The van der Waals surface area contributed by atoms with Gasteiger partial charge in [0.05, 0.1) is 5.02 Å². The van der Waals surface area contributed by atoms with Crippen LogP contribution in [0.3, 0.4) is 0 Å². The lowest BCUT2D eigenvalue weighted by Gasteiger charge is -2.32. The Morgan fingerprint density at radius 1 is 1.32 bits per heavy atom. The summed E-state index contributed by atoms with van der Waals surface area (Å²) in [5, 5.41) is 9.48. The number of pyridine rings is 1. The molecule has 1 aromatic heterocycles. The highest BCUT2D eigenvalue weighted by Gasteiger charge is 2.33. The molecule has 1 aromatic rings. The number of carbonyl (C=O) groups is 2. The second-order valence-corrected chi connectivity index (χ2v) is 5.11. The average Bonchev–Trinajstić information content (AvgIpc) is 2.40. The van der Waals surface area contributed by atoms with Gasteiger partial charge >= 0.3 is 5.97 Å². The number of carboxylic acid groups (broad SMARTS) is 1. The molecule has 0 aliphatic carbocycles. The van der Waals surface area contributed by atoms with Gasteiger partial charge in [-0.05, 0) is 31.4 Å². The van der Waals surface area contributed by atoms with Crippen molar-refractivity contribution in [2.24, 2.45) is 0 Å². The Morgan fingerprint density at radius 2 is 2.05 bits per heavy atom. The summed E-state index contributed by atoms with van der Waals surface area (Å²) in [5.41, 5.74) is 0.00215. The van der Waals surface area contributed by atoms with Crippen LogP contribution in [-0.2, 0) is 4.79 Å². The maximum Gasteiger partial charge on any atom is 0.326 e. The Labute approximate surface area is 120 Å². The third-order valence-corrected chi connectivity index (χ3v) is 3.58. The Balaban J connectivity index is 2.31. The minimum absolute atomic E-state index is 0.00215. The zero-order valence-electron chi connectivity index (χ0n) is 9.97. The number of nitrogens with zero attached hydrogens (tertiary/aromatic N) is 2. The molecular formula is C12H12Cl2N2O3. The third-order valence-electron chi connectivity index (χ3n) is 3.06. The molecule has 102 valence electrons. The molecule has 0 aromatic carbocycles. The van der Waals surface area contributed by atoms with Crippen molar-refractivity contribution in [2.75, 3.05) is 6.54 Å². The predicted octanol–water partition coefficient (Wildman–Crippen LogP) is 2.47. The van der Waals surface area contributed by atoms with E-state index >= 15 is 0 Å². The first-order valence-corrected chi connectivity index (χ1v) is 6.62. The van der Waals surface area contributed by atoms with Crippen molar-refractivity contribution in [3.63, 3.8) is 0 Å². The fourth-order valence-electron chi connectivity index (χ4n) is 2.14. The number of aliphatic carboxylic acids is 1. The Kier molecular flexibility index (Phi) is 4.27. The van der Waals surface area contributed by atoms with Crippen LogP contribution in [0.2, 0.25) is 10.2 Å². The van der Waals surface area contributed by atoms with Crippen molar-refractivity contribution >= 4 is 35.1 Å². The van der Waals surface area contributed by atoms with Crippen LogP contribution in [0.1, 0.15) is 29.8 Å². The lowest BCUT2D eigenvalue weighted by Crippen LogP contribution is -2.48. The van der Waals surface area contributed by atoms with Gasteiger partial charge in [0.25, 0.3) is 5.91 Å². The number of amides is 1. The summed E-state index contributed by atoms with van der Waals surface area (Å²) < 4.78 is 0. The lowest BCUT2D eigenvalue weighted by molar-refractivity contribution is -0.143. The number of carbonyl (C=O) groups excluding carboxylic acids is 1. The predicted molar refractivity (Wildman–Crippen MR) is 70.6 cm³/mol. The van der Waals surface area contributed by atoms with Crippen molar-refractivity contribution in [1.29, 1.82) is 0 Å². The standard InChI is InChI=1S/C12H12Cl2N2O3/c13-7-4-5-9(14)15-10(7)11(17)16-6-2-1-3-8(16)12(18)19/h4-5,8H,1-3,6H2,(H,18,19)/t8-/m1/s1. The molecule has 1 saturated heterocycles. The summed E-state index contributed by atoms with van der Waals surface area (Å²) in [5.74, 6) is -1.49. The van der Waals surface area contributed by atoms with Crippen molar-refractivity contribution < 1.29 is 14.7 Å². The van der Waals surface area contributed by atoms with Gasteiger partial charge in [-0.2, -0.15) is 0 Å². The summed E-state index contributed by atoms with van der Waals surface area (Å²) in [4.78, 5) is 28.7. The van der Waals surface area contributed by atoms with Crippen molar-refractivity contribution in [3.8, 4) is 0 Å². The van der Waals surface area contributed by atoms with E-state index in [9.17, 15) is 9.59 Å². The second-order valence-electron chi connectivity index (χ2n) is 4.31. The van der Waals surface area contributed by atoms with E-state index in [1.807, 2.05) is 0 Å². The van der Waals surface area contributed by atoms with Crippen LogP contribution in [0.5, 0.6) is 0 Å². The molecule has 0 unspecified atom stereocenters. The number of rotatable bonds is 2. The van der Waals surface area contributed by atoms with Gasteiger partial charge in [0.2, 0.25) is 0 Å².